The molecule has 1 atom stereocenters. The Hall–Kier alpha value is -4.86. The molecule has 2 heterocycles. The van der Waals surface area contributed by atoms with Crippen molar-refractivity contribution in [3.05, 3.63) is 112 Å². The molecular formula is C25H19FN6O3. The zero-order chi connectivity index (χ0) is 24.5. The van der Waals surface area contributed by atoms with E-state index in [0.29, 0.717) is 34.0 Å². The summed E-state index contributed by atoms with van der Waals surface area (Å²) in [5.74, 6) is -0.154. The number of amides is 1. The van der Waals surface area contributed by atoms with Crippen LogP contribution in [0.2, 0.25) is 0 Å². The van der Waals surface area contributed by atoms with Crippen molar-refractivity contribution in [1.82, 2.24) is 14.8 Å². The maximum atomic E-state index is 13.7. The Morgan fingerprint density at radius 2 is 1.83 bits per heavy atom. The highest BCUT2D eigenvalue weighted by Crippen LogP contribution is 2.37. The zero-order valence-corrected chi connectivity index (χ0v) is 18.5. The molecule has 5 rings (SSSR count). The quantitative estimate of drug-likeness (QED) is 0.316. The van der Waals surface area contributed by atoms with Crippen LogP contribution in [-0.4, -0.2) is 25.6 Å². The van der Waals surface area contributed by atoms with E-state index in [-0.39, 0.29) is 17.4 Å². The smallest absolute Gasteiger partial charge is 0.270 e. The second kappa shape index (κ2) is 8.82. The van der Waals surface area contributed by atoms with Crippen molar-refractivity contribution in [2.45, 2.75) is 13.0 Å². The van der Waals surface area contributed by atoms with Crippen LogP contribution in [0, 0.1) is 15.9 Å². The van der Waals surface area contributed by atoms with Gasteiger partial charge in [-0.3, -0.25) is 14.9 Å². The summed E-state index contributed by atoms with van der Waals surface area (Å²) in [6, 6.07) is 20.1. The van der Waals surface area contributed by atoms with Crippen LogP contribution in [0.5, 0.6) is 0 Å². The number of carbonyl (C=O) groups excluding carboxylic acids is 1. The first-order valence-electron chi connectivity index (χ1n) is 10.7. The van der Waals surface area contributed by atoms with Crippen LogP contribution < -0.4 is 10.6 Å². The molecule has 1 aliphatic heterocycles. The maximum Gasteiger partial charge on any atom is 0.270 e. The lowest BCUT2D eigenvalue weighted by Gasteiger charge is -2.28. The molecule has 1 aliphatic rings. The van der Waals surface area contributed by atoms with Gasteiger partial charge in [0.25, 0.3) is 11.6 Å². The van der Waals surface area contributed by atoms with E-state index in [1.54, 1.807) is 43.3 Å². The third-order valence-corrected chi connectivity index (χ3v) is 5.63. The first-order chi connectivity index (χ1) is 16.9. The third-order valence-electron chi connectivity index (χ3n) is 5.63. The fourth-order valence-corrected chi connectivity index (χ4v) is 4.00. The molecule has 0 spiro atoms. The predicted molar refractivity (Wildman–Crippen MR) is 128 cm³/mol. The lowest BCUT2D eigenvalue weighted by atomic mass is 9.95. The number of nitro benzene ring substituents is 1. The van der Waals surface area contributed by atoms with E-state index in [9.17, 15) is 19.3 Å². The van der Waals surface area contributed by atoms with Gasteiger partial charge < -0.3 is 10.6 Å². The van der Waals surface area contributed by atoms with Crippen LogP contribution in [0.3, 0.4) is 0 Å². The van der Waals surface area contributed by atoms with Crippen LogP contribution in [0.1, 0.15) is 18.5 Å². The van der Waals surface area contributed by atoms with E-state index in [4.69, 9.17) is 0 Å². The van der Waals surface area contributed by atoms with Gasteiger partial charge >= 0.3 is 0 Å². The number of hydrogen-bond acceptors (Lipinski definition) is 6. The zero-order valence-electron chi connectivity index (χ0n) is 18.5. The molecule has 1 aromatic heterocycles. The number of halogens is 1. The molecule has 35 heavy (non-hydrogen) atoms. The number of anilines is 2. The predicted octanol–water partition coefficient (Wildman–Crippen LogP) is 4.92. The Bertz CT molecular complexity index is 1460. The van der Waals surface area contributed by atoms with Crippen molar-refractivity contribution in [3.8, 4) is 11.4 Å². The van der Waals surface area contributed by atoms with Crippen molar-refractivity contribution < 1.29 is 14.1 Å². The summed E-state index contributed by atoms with van der Waals surface area (Å²) >= 11 is 0. The standard InChI is InChI=1S/C25H19FN6O3/c1-15-21(24(33)28-19-7-3-2-4-8-19)22(16-10-12-18(26)13-11-16)31-25(27-15)29-23(30-31)17-6-5-9-20(14-17)32(34)35/h2-14,22H,1H3,(H,28,33)(H,27,29,30). The second-order valence-electron chi connectivity index (χ2n) is 7.95. The lowest BCUT2D eigenvalue weighted by molar-refractivity contribution is -0.384. The minimum Gasteiger partial charge on any atom is -0.328 e. The Kier molecular flexibility index (Phi) is 5.54. The molecule has 0 fully saturated rings. The van der Waals surface area contributed by atoms with Gasteiger partial charge in [-0.2, -0.15) is 4.98 Å². The van der Waals surface area contributed by atoms with Crippen LogP contribution in [0.4, 0.5) is 21.7 Å². The number of hydrogen-bond donors (Lipinski definition) is 2. The average molecular weight is 470 g/mol. The number of non-ortho nitro benzene ring substituents is 1. The summed E-state index contributed by atoms with van der Waals surface area (Å²) in [4.78, 5) is 28.7. The van der Waals surface area contributed by atoms with Crippen molar-refractivity contribution >= 4 is 23.2 Å². The molecule has 10 heteroatoms. The Morgan fingerprint density at radius 1 is 1.09 bits per heavy atom. The molecule has 1 unspecified atom stereocenters. The Labute approximate surface area is 199 Å². The van der Waals surface area contributed by atoms with Crippen molar-refractivity contribution in [2.75, 3.05) is 10.6 Å². The first-order valence-corrected chi connectivity index (χ1v) is 10.7. The molecule has 0 saturated carbocycles. The molecule has 0 saturated heterocycles. The first kappa shape index (κ1) is 22.0. The topological polar surface area (TPSA) is 115 Å². The number of carbonyl (C=O) groups is 1. The number of para-hydroxylation sites is 1. The van der Waals surface area contributed by atoms with E-state index >= 15 is 0 Å². The lowest BCUT2D eigenvalue weighted by Crippen LogP contribution is -2.31. The van der Waals surface area contributed by atoms with E-state index in [1.807, 2.05) is 18.2 Å². The summed E-state index contributed by atoms with van der Waals surface area (Å²) in [6.45, 7) is 1.75. The number of rotatable bonds is 5. The summed E-state index contributed by atoms with van der Waals surface area (Å²) < 4.78 is 15.2. The SMILES string of the molecule is CC1=C(C(=O)Nc2ccccc2)C(c2ccc(F)cc2)n2nc(-c3cccc([N+](=O)[O-])c3)nc2N1. The van der Waals surface area contributed by atoms with E-state index in [2.05, 4.69) is 20.7 Å². The minimum absolute atomic E-state index is 0.0875. The molecular weight excluding hydrogens is 451 g/mol. The van der Waals surface area contributed by atoms with Gasteiger partial charge in [0.2, 0.25) is 5.95 Å². The van der Waals surface area contributed by atoms with Gasteiger partial charge in [0, 0.05) is 29.1 Å². The molecule has 174 valence electrons. The molecule has 3 aromatic carbocycles. The number of nitrogens with zero attached hydrogens (tertiary/aromatic N) is 4. The van der Waals surface area contributed by atoms with Gasteiger partial charge in [-0.05, 0) is 36.8 Å². The largest absolute Gasteiger partial charge is 0.328 e. The Balaban J connectivity index is 1.60. The number of benzene rings is 3. The number of aromatic nitrogens is 3. The summed E-state index contributed by atoms with van der Waals surface area (Å²) in [7, 11) is 0. The van der Waals surface area contributed by atoms with Crippen LogP contribution in [0.25, 0.3) is 11.4 Å². The molecule has 0 bridgehead atoms. The van der Waals surface area contributed by atoms with Crippen molar-refractivity contribution in [2.24, 2.45) is 0 Å². The number of fused-ring (bicyclic) bond motifs is 1. The molecule has 0 radical (unpaired) electrons. The molecule has 4 aromatic rings. The highest BCUT2D eigenvalue weighted by atomic mass is 19.1. The van der Waals surface area contributed by atoms with Crippen LogP contribution >= 0.6 is 0 Å². The van der Waals surface area contributed by atoms with E-state index < -0.39 is 16.8 Å². The fourth-order valence-electron chi connectivity index (χ4n) is 4.00. The van der Waals surface area contributed by atoms with Gasteiger partial charge in [-0.1, -0.05) is 42.5 Å². The Morgan fingerprint density at radius 3 is 2.54 bits per heavy atom. The highest BCUT2D eigenvalue weighted by molar-refractivity contribution is 6.06. The van der Waals surface area contributed by atoms with Gasteiger partial charge in [-0.25, -0.2) is 9.07 Å². The van der Waals surface area contributed by atoms with Gasteiger partial charge in [-0.15, -0.1) is 5.10 Å². The third kappa shape index (κ3) is 4.24. The monoisotopic (exact) mass is 470 g/mol. The second-order valence-corrected chi connectivity index (χ2v) is 7.95. The summed E-state index contributed by atoms with van der Waals surface area (Å²) in [5.41, 5.74) is 2.55. The molecule has 0 aliphatic carbocycles. The van der Waals surface area contributed by atoms with Crippen LogP contribution in [-0.2, 0) is 4.79 Å². The highest BCUT2D eigenvalue weighted by Gasteiger charge is 2.34. The summed E-state index contributed by atoms with van der Waals surface area (Å²) in [6.07, 6.45) is 0. The van der Waals surface area contributed by atoms with Gasteiger partial charge in [0.05, 0.1) is 10.5 Å². The van der Waals surface area contributed by atoms with Gasteiger partial charge in [0.15, 0.2) is 5.82 Å². The molecule has 9 nitrogen and oxygen atoms in total. The van der Waals surface area contributed by atoms with Crippen LogP contribution in [0.15, 0.2) is 90.1 Å². The van der Waals surface area contributed by atoms with Crippen molar-refractivity contribution in [3.63, 3.8) is 0 Å². The fraction of sp³-hybridized carbons (Fsp3) is 0.0800. The number of nitro groups is 1. The summed E-state index contributed by atoms with van der Waals surface area (Å²) in [5, 5.41) is 21.8. The van der Waals surface area contributed by atoms with E-state index in [1.165, 1.54) is 28.9 Å². The number of nitrogens with one attached hydrogen (secondary N) is 2. The number of allylic oxidation sites excluding steroid dienone is 1. The maximum absolute atomic E-state index is 13.7. The molecule has 1 amide bonds. The van der Waals surface area contributed by atoms with Gasteiger partial charge in [0.1, 0.15) is 11.9 Å². The normalized spacial score (nSPS) is 14.7. The van der Waals surface area contributed by atoms with Crippen molar-refractivity contribution in [1.29, 1.82) is 0 Å². The average Bonchev–Trinajstić information content (AvgIpc) is 3.28. The molecule has 2 N–H and O–H groups in total. The van der Waals surface area contributed by atoms with E-state index in [0.717, 1.165) is 0 Å². The minimum atomic E-state index is -0.712.